The first-order valence-corrected chi connectivity index (χ1v) is 8.11. The van der Waals surface area contributed by atoms with E-state index in [1.54, 1.807) is 12.1 Å². The third-order valence-electron chi connectivity index (χ3n) is 3.26. The molecule has 0 aliphatic heterocycles. The zero-order chi connectivity index (χ0) is 17.7. The lowest BCUT2D eigenvalue weighted by Crippen LogP contribution is -2.23. The fourth-order valence-electron chi connectivity index (χ4n) is 1.82. The second kappa shape index (κ2) is 8.13. The first kappa shape index (κ1) is 18.2. The van der Waals surface area contributed by atoms with E-state index in [0.717, 1.165) is 11.3 Å². The van der Waals surface area contributed by atoms with Crippen LogP contribution in [-0.4, -0.2) is 16.8 Å². The minimum absolute atomic E-state index is 0.0387. The minimum atomic E-state index is -0.293. The van der Waals surface area contributed by atoms with Crippen LogP contribution >= 0.6 is 23.2 Å². The third kappa shape index (κ3) is 4.94. The van der Waals surface area contributed by atoms with Crippen molar-refractivity contribution in [2.24, 2.45) is 5.92 Å². The summed E-state index contributed by atoms with van der Waals surface area (Å²) in [7, 11) is 0. The summed E-state index contributed by atoms with van der Waals surface area (Å²) in [5.74, 6) is -0.412. The van der Waals surface area contributed by atoms with E-state index in [1.807, 2.05) is 26.0 Å². The van der Waals surface area contributed by atoms with Crippen LogP contribution in [0.4, 0.5) is 5.69 Å². The van der Waals surface area contributed by atoms with Crippen LogP contribution in [0.3, 0.4) is 0 Å². The normalized spacial score (nSPS) is 10.5. The highest BCUT2D eigenvalue weighted by Crippen LogP contribution is 2.19. The third-order valence-corrected chi connectivity index (χ3v) is 3.94. The predicted octanol–water partition coefficient (Wildman–Crippen LogP) is 3.91. The number of carbonyl (C=O) groups is 2. The van der Waals surface area contributed by atoms with Crippen molar-refractivity contribution >= 4 is 40.7 Å². The van der Waals surface area contributed by atoms with Gasteiger partial charge in [-0.2, -0.15) is 0 Å². The molecule has 5 nitrogen and oxygen atoms in total. The lowest BCUT2D eigenvalue weighted by Gasteiger charge is -2.09. The molecule has 0 radical (unpaired) electrons. The fraction of sp³-hybridized carbons (Fsp3) is 0.235. The molecule has 1 heterocycles. The van der Waals surface area contributed by atoms with Crippen LogP contribution in [-0.2, 0) is 11.3 Å². The van der Waals surface area contributed by atoms with Gasteiger partial charge in [-0.15, -0.1) is 0 Å². The molecule has 7 heteroatoms. The molecule has 2 amide bonds. The molecule has 0 saturated carbocycles. The zero-order valence-corrected chi connectivity index (χ0v) is 14.8. The quantitative estimate of drug-likeness (QED) is 0.788. The fourth-order valence-corrected chi connectivity index (χ4v) is 2.09. The standard InChI is InChI=1S/C17H17Cl2N3O2/c1-10(2)16(23)22-13-5-3-11(4-6-13)8-21-17(24)12-7-14(18)15(19)20-9-12/h3-7,9-10H,8H2,1-2H3,(H,21,24)(H,22,23). The van der Waals surface area contributed by atoms with Crippen LogP contribution in [0.5, 0.6) is 0 Å². The average Bonchev–Trinajstić information content (AvgIpc) is 2.56. The maximum Gasteiger partial charge on any atom is 0.253 e. The number of hydrogen-bond donors (Lipinski definition) is 2. The van der Waals surface area contributed by atoms with Gasteiger partial charge in [-0.3, -0.25) is 9.59 Å². The van der Waals surface area contributed by atoms with E-state index in [0.29, 0.717) is 12.1 Å². The number of carbonyl (C=O) groups excluding carboxylic acids is 2. The van der Waals surface area contributed by atoms with Crippen molar-refractivity contribution in [2.45, 2.75) is 20.4 Å². The van der Waals surface area contributed by atoms with E-state index in [4.69, 9.17) is 23.2 Å². The summed E-state index contributed by atoms with van der Waals surface area (Å²) in [6, 6.07) is 8.73. The molecule has 0 bridgehead atoms. The van der Waals surface area contributed by atoms with Gasteiger partial charge in [0.25, 0.3) is 5.91 Å². The Kier molecular flexibility index (Phi) is 6.17. The van der Waals surface area contributed by atoms with Gasteiger partial charge in [0.05, 0.1) is 10.6 Å². The molecule has 1 aromatic carbocycles. The molecule has 0 saturated heterocycles. The van der Waals surface area contributed by atoms with Gasteiger partial charge in [0, 0.05) is 24.3 Å². The highest BCUT2D eigenvalue weighted by atomic mass is 35.5. The first-order chi connectivity index (χ1) is 11.4. The summed E-state index contributed by atoms with van der Waals surface area (Å²) < 4.78 is 0. The number of halogens is 2. The largest absolute Gasteiger partial charge is 0.348 e. The Morgan fingerprint density at radius 1 is 1.17 bits per heavy atom. The molecular formula is C17H17Cl2N3O2. The monoisotopic (exact) mass is 365 g/mol. The Bertz CT molecular complexity index is 746. The molecule has 0 atom stereocenters. The van der Waals surface area contributed by atoms with Crippen molar-refractivity contribution in [1.82, 2.24) is 10.3 Å². The van der Waals surface area contributed by atoms with Crippen LogP contribution < -0.4 is 10.6 Å². The van der Waals surface area contributed by atoms with Gasteiger partial charge in [0.15, 0.2) is 0 Å². The summed E-state index contributed by atoms with van der Waals surface area (Å²) in [5.41, 5.74) is 1.96. The number of rotatable bonds is 5. The Morgan fingerprint density at radius 3 is 2.42 bits per heavy atom. The van der Waals surface area contributed by atoms with Crippen LogP contribution in [0, 0.1) is 5.92 Å². The number of anilines is 1. The van der Waals surface area contributed by atoms with Crippen molar-refractivity contribution in [3.05, 3.63) is 57.8 Å². The maximum absolute atomic E-state index is 12.1. The zero-order valence-electron chi connectivity index (χ0n) is 13.3. The Balaban J connectivity index is 1.93. The Hall–Kier alpha value is -2.11. The van der Waals surface area contributed by atoms with Gasteiger partial charge in [-0.1, -0.05) is 49.2 Å². The van der Waals surface area contributed by atoms with Gasteiger partial charge < -0.3 is 10.6 Å². The smallest absolute Gasteiger partial charge is 0.253 e. The van der Waals surface area contributed by atoms with Crippen molar-refractivity contribution in [3.8, 4) is 0 Å². The predicted molar refractivity (Wildman–Crippen MR) is 95.3 cm³/mol. The number of amides is 2. The topological polar surface area (TPSA) is 71.1 Å². The van der Waals surface area contributed by atoms with E-state index >= 15 is 0 Å². The Labute approximate surface area is 150 Å². The second-order valence-corrected chi connectivity index (χ2v) is 6.29. The summed E-state index contributed by atoms with van der Waals surface area (Å²) >= 11 is 11.6. The van der Waals surface area contributed by atoms with E-state index in [-0.39, 0.29) is 27.9 Å². The molecule has 24 heavy (non-hydrogen) atoms. The van der Waals surface area contributed by atoms with Gasteiger partial charge >= 0.3 is 0 Å². The number of aromatic nitrogens is 1. The van der Waals surface area contributed by atoms with Crippen molar-refractivity contribution < 1.29 is 9.59 Å². The molecule has 0 spiro atoms. The van der Waals surface area contributed by atoms with Crippen LogP contribution in [0.15, 0.2) is 36.5 Å². The summed E-state index contributed by atoms with van der Waals surface area (Å²) in [4.78, 5) is 27.5. The first-order valence-electron chi connectivity index (χ1n) is 7.36. The number of hydrogen-bond acceptors (Lipinski definition) is 3. The molecule has 2 aromatic rings. The molecule has 0 unspecified atom stereocenters. The number of benzene rings is 1. The maximum atomic E-state index is 12.1. The number of pyridine rings is 1. The van der Waals surface area contributed by atoms with E-state index in [1.165, 1.54) is 12.3 Å². The summed E-state index contributed by atoms with van der Waals surface area (Å²) in [5, 5.41) is 5.97. The Morgan fingerprint density at radius 2 is 1.83 bits per heavy atom. The highest BCUT2D eigenvalue weighted by Gasteiger charge is 2.09. The summed E-state index contributed by atoms with van der Waals surface area (Å²) in [6.07, 6.45) is 1.37. The van der Waals surface area contributed by atoms with E-state index in [2.05, 4.69) is 15.6 Å². The molecule has 126 valence electrons. The lowest BCUT2D eigenvalue weighted by molar-refractivity contribution is -0.118. The van der Waals surface area contributed by atoms with Gasteiger partial charge in [-0.25, -0.2) is 4.98 Å². The van der Waals surface area contributed by atoms with Gasteiger partial charge in [-0.05, 0) is 23.8 Å². The molecule has 0 aliphatic rings. The number of nitrogens with zero attached hydrogens (tertiary/aromatic N) is 1. The van der Waals surface area contributed by atoms with Gasteiger partial charge in [0.2, 0.25) is 5.91 Å². The molecule has 1 aromatic heterocycles. The van der Waals surface area contributed by atoms with Crippen molar-refractivity contribution in [1.29, 1.82) is 0 Å². The van der Waals surface area contributed by atoms with Crippen molar-refractivity contribution in [3.63, 3.8) is 0 Å². The molecule has 2 rings (SSSR count). The molecule has 2 N–H and O–H groups in total. The second-order valence-electron chi connectivity index (χ2n) is 5.52. The minimum Gasteiger partial charge on any atom is -0.348 e. The van der Waals surface area contributed by atoms with E-state index in [9.17, 15) is 9.59 Å². The number of nitrogens with one attached hydrogen (secondary N) is 2. The van der Waals surface area contributed by atoms with E-state index < -0.39 is 0 Å². The van der Waals surface area contributed by atoms with Crippen LogP contribution in [0.2, 0.25) is 10.2 Å². The van der Waals surface area contributed by atoms with Crippen LogP contribution in [0.1, 0.15) is 29.8 Å². The lowest BCUT2D eigenvalue weighted by atomic mass is 10.1. The van der Waals surface area contributed by atoms with Gasteiger partial charge in [0.1, 0.15) is 5.15 Å². The van der Waals surface area contributed by atoms with Crippen LogP contribution in [0.25, 0.3) is 0 Å². The SMILES string of the molecule is CC(C)C(=O)Nc1ccc(CNC(=O)c2cnc(Cl)c(Cl)c2)cc1. The van der Waals surface area contributed by atoms with Crippen molar-refractivity contribution in [2.75, 3.05) is 5.32 Å². The summed E-state index contributed by atoms with van der Waals surface area (Å²) in [6.45, 7) is 4.01. The molecule has 0 fully saturated rings. The highest BCUT2D eigenvalue weighted by molar-refractivity contribution is 6.41. The molecule has 0 aliphatic carbocycles. The average molecular weight is 366 g/mol. The molecular weight excluding hydrogens is 349 g/mol.